The highest BCUT2D eigenvalue weighted by molar-refractivity contribution is 5.12. The van der Waals surface area contributed by atoms with Crippen LogP contribution >= 0.6 is 0 Å². The number of aliphatic hydroxyl groups excluding tert-OH is 1. The lowest BCUT2D eigenvalue weighted by Gasteiger charge is -2.39. The number of hydrogen-bond donors (Lipinski definition) is 2. The average Bonchev–Trinajstić information content (AvgIpc) is 2.51. The molecule has 0 aromatic rings. The van der Waals surface area contributed by atoms with E-state index in [0.717, 1.165) is 18.9 Å². The van der Waals surface area contributed by atoms with Crippen molar-refractivity contribution in [3.8, 4) is 0 Å². The fourth-order valence-corrected chi connectivity index (χ4v) is 3.87. The van der Waals surface area contributed by atoms with Crippen LogP contribution in [0.1, 0.15) is 46.5 Å². The van der Waals surface area contributed by atoms with Gasteiger partial charge >= 0.3 is 0 Å². The summed E-state index contributed by atoms with van der Waals surface area (Å²) in [5.74, 6) is 0.911. The van der Waals surface area contributed by atoms with E-state index in [1.807, 2.05) is 0 Å². The predicted octanol–water partition coefficient (Wildman–Crippen LogP) is 2.17. The van der Waals surface area contributed by atoms with E-state index in [1.165, 1.54) is 19.3 Å². The summed E-state index contributed by atoms with van der Waals surface area (Å²) >= 11 is 0. The third kappa shape index (κ3) is 1.53. The van der Waals surface area contributed by atoms with Gasteiger partial charge in [0.25, 0.3) is 0 Å². The fourth-order valence-electron chi connectivity index (χ4n) is 3.87. The zero-order chi connectivity index (χ0) is 11.1. The van der Waals surface area contributed by atoms with Gasteiger partial charge in [0.15, 0.2) is 0 Å². The molecule has 0 spiro atoms. The van der Waals surface area contributed by atoms with E-state index >= 15 is 0 Å². The molecule has 0 aromatic heterocycles. The van der Waals surface area contributed by atoms with Crippen molar-refractivity contribution in [3.63, 3.8) is 0 Å². The fraction of sp³-hybridized carbons (Fsp3) is 1.00. The first-order chi connectivity index (χ1) is 7.02. The first-order valence-electron chi connectivity index (χ1n) is 6.36. The van der Waals surface area contributed by atoms with Crippen molar-refractivity contribution >= 4 is 0 Å². The Morgan fingerprint density at radius 3 is 2.53 bits per heavy atom. The normalized spacial score (nSPS) is 42.4. The molecule has 0 saturated heterocycles. The Hall–Kier alpha value is -0.0800. The first kappa shape index (κ1) is 11.4. The molecule has 0 radical (unpaired) electrons. The van der Waals surface area contributed by atoms with Gasteiger partial charge in [-0.2, -0.15) is 0 Å². The van der Waals surface area contributed by atoms with Gasteiger partial charge in [-0.3, -0.25) is 0 Å². The lowest BCUT2D eigenvalue weighted by molar-refractivity contribution is 0.120. The maximum Gasteiger partial charge on any atom is 0.0443 e. The number of aliphatic hydroxyl groups is 1. The van der Waals surface area contributed by atoms with Gasteiger partial charge < -0.3 is 10.4 Å². The van der Waals surface area contributed by atoms with Gasteiger partial charge in [-0.05, 0) is 49.0 Å². The molecular formula is C13H25NO. The van der Waals surface area contributed by atoms with Crippen LogP contribution in [0.4, 0.5) is 0 Å². The molecule has 2 saturated carbocycles. The quantitative estimate of drug-likeness (QED) is 0.699. The van der Waals surface area contributed by atoms with Gasteiger partial charge in [0, 0.05) is 12.6 Å². The highest BCUT2D eigenvalue weighted by Gasteiger charge is 2.60. The molecule has 88 valence electrons. The lowest BCUT2D eigenvalue weighted by Crippen LogP contribution is -2.44. The minimum Gasteiger partial charge on any atom is -0.396 e. The number of nitrogens with one attached hydrogen (secondary N) is 1. The Kier molecular flexibility index (Phi) is 2.85. The second-order valence-electron chi connectivity index (χ2n) is 6.19. The van der Waals surface area contributed by atoms with E-state index in [9.17, 15) is 0 Å². The summed E-state index contributed by atoms with van der Waals surface area (Å²) in [6, 6.07) is 0.679. The summed E-state index contributed by atoms with van der Waals surface area (Å²) < 4.78 is 0. The molecule has 0 heterocycles. The highest BCUT2D eigenvalue weighted by atomic mass is 16.3. The van der Waals surface area contributed by atoms with E-state index in [0.29, 0.717) is 23.5 Å². The molecule has 2 unspecified atom stereocenters. The lowest BCUT2D eigenvalue weighted by atomic mass is 9.69. The van der Waals surface area contributed by atoms with Crippen molar-refractivity contribution in [2.45, 2.75) is 52.5 Å². The minimum atomic E-state index is 0.309. The van der Waals surface area contributed by atoms with Crippen LogP contribution in [0.25, 0.3) is 0 Å². The molecule has 0 aromatic carbocycles. The molecule has 2 rings (SSSR count). The van der Waals surface area contributed by atoms with Crippen molar-refractivity contribution in [3.05, 3.63) is 0 Å². The van der Waals surface area contributed by atoms with Crippen LogP contribution < -0.4 is 5.32 Å². The number of hydrogen-bond acceptors (Lipinski definition) is 2. The van der Waals surface area contributed by atoms with Crippen LogP contribution in [0.15, 0.2) is 0 Å². The van der Waals surface area contributed by atoms with Crippen LogP contribution in [0.2, 0.25) is 0 Å². The van der Waals surface area contributed by atoms with Crippen molar-refractivity contribution in [1.29, 1.82) is 0 Å². The molecule has 15 heavy (non-hydrogen) atoms. The van der Waals surface area contributed by atoms with Crippen LogP contribution in [0, 0.1) is 16.7 Å². The summed E-state index contributed by atoms with van der Waals surface area (Å²) in [4.78, 5) is 0. The topological polar surface area (TPSA) is 32.3 Å². The minimum absolute atomic E-state index is 0.309. The van der Waals surface area contributed by atoms with E-state index in [1.54, 1.807) is 0 Å². The predicted molar refractivity (Wildman–Crippen MR) is 62.7 cm³/mol. The van der Waals surface area contributed by atoms with Crippen LogP contribution in [-0.4, -0.2) is 24.3 Å². The molecule has 2 N–H and O–H groups in total. The van der Waals surface area contributed by atoms with Gasteiger partial charge in [0.2, 0.25) is 0 Å². The molecule has 3 atom stereocenters. The molecule has 2 bridgehead atoms. The van der Waals surface area contributed by atoms with Crippen LogP contribution in [0.3, 0.4) is 0 Å². The van der Waals surface area contributed by atoms with E-state index in [-0.39, 0.29) is 0 Å². The third-order valence-electron chi connectivity index (χ3n) is 5.52. The molecular weight excluding hydrogens is 186 g/mol. The smallest absolute Gasteiger partial charge is 0.0443 e. The zero-order valence-corrected chi connectivity index (χ0v) is 10.3. The number of fused-ring (bicyclic) bond motifs is 2. The average molecular weight is 211 g/mol. The Morgan fingerprint density at radius 2 is 2.07 bits per heavy atom. The van der Waals surface area contributed by atoms with Gasteiger partial charge in [0.1, 0.15) is 0 Å². The Balaban J connectivity index is 1.99. The molecule has 2 nitrogen and oxygen atoms in total. The van der Waals surface area contributed by atoms with Crippen LogP contribution in [0.5, 0.6) is 0 Å². The Labute approximate surface area is 93.5 Å². The SMILES string of the molecule is CC1(C)C2CC[C@]1(C)C(NCCCO)C2. The molecule has 2 aliphatic carbocycles. The first-order valence-corrected chi connectivity index (χ1v) is 6.36. The summed E-state index contributed by atoms with van der Waals surface area (Å²) in [6.45, 7) is 8.62. The standard InChI is InChI=1S/C13H25NO/c1-12(2)10-5-6-13(12,3)11(9-10)14-7-4-8-15/h10-11,14-15H,4-9H2,1-3H3/t10?,11?,13-/m1/s1. The van der Waals surface area contributed by atoms with Crippen molar-refractivity contribution in [1.82, 2.24) is 5.32 Å². The summed E-state index contributed by atoms with van der Waals surface area (Å²) in [5.41, 5.74) is 0.983. The Bertz CT molecular complexity index is 239. The largest absolute Gasteiger partial charge is 0.396 e. The van der Waals surface area contributed by atoms with Crippen molar-refractivity contribution in [2.24, 2.45) is 16.7 Å². The number of rotatable bonds is 4. The van der Waals surface area contributed by atoms with Crippen molar-refractivity contribution < 1.29 is 5.11 Å². The molecule has 2 heteroatoms. The van der Waals surface area contributed by atoms with E-state index in [4.69, 9.17) is 5.11 Å². The van der Waals surface area contributed by atoms with Gasteiger partial charge in [-0.15, -0.1) is 0 Å². The van der Waals surface area contributed by atoms with Gasteiger partial charge in [0.05, 0.1) is 0 Å². The maximum atomic E-state index is 8.80. The third-order valence-corrected chi connectivity index (χ3v) is 5.52. The second kappa shape index (κ2) is 3.74. The second-order valence-corrected chi connectivity index (χ2v) is 6.19. The molecule has 0 aliphatic heterocycles. The van der Waals surface area contributed by atoms with Gasteiger partial charge in [-0.25, -0.2) is 0 Å². The molecule has 0 amide bonds. The van der Waals surface area contributed by atoms with Gasteiger partial charge in [-0.1, -0.05) is 20.8 Å². The molecule has 2 aliphatic rings. The summed E-state index contributed by atoms with van der Waals surface area (Å²) in [6.07, 6.45) is 5.02. The zero-order valence-electron chi connectivity index (χ0n) is 10.3. The van der Waals surface area contributed by atoms with Crippen LogP contribution in [-0.2, 0) is 0 Å². The summed E-state index contributed by atoms with van der Waals surface area (Å²) in [5, 5.41) is 12.4. The van der Waals surface area contributed by atoms with E-state index in [2.05, 4.69) is 26.1 Å². The molecule has 2 fully saturated rings. The highest BCUT2D eigenvalue weighted by Crippen LogP contribution is 2.65. The van der Waals surface area contributed by atoms with E-state index < -0.39 is 0 Å². The summed E-state index contributed by atoms with van der Waals surface area (Å²) in [7, 11) is 0. The Morgan fingerprint density at radius 1 is 1.33 bits per heavy atom. The monoisotopic (exact) mass is 211 g/mol. The maximum absolute atomic E-state index is 8.80. The van der Waals surface area contributed by atoms with Crippen molar-refractivity contribution in [2.75, 3.05) is 13.2 Å².